The summed E-state index contributed by atoms with van der Waals surface area (Å²) in [6, 6.07) is 11.1. The van der Waals surface area contributed by atoms with E-state index in [9.17, 15) is 9.18 Å². The molecule has 0 saturated heterocycles. The van der Waals surface area contributed by atoms with Crippen molar-refractivity contribution in [1.82, 2.24) is 0 Å². The number of halogens is 1. The molecule has 2 aromatic rings. The Morgan fingerprint density at radius 2 is 1.67 bits per heavy atom. The first-order valence-corrected chi connectivity index (χ1v) is 6.83. The van der Waals surface area contributed by atoms with E-state index < -0.39 is 11.8 Å². The number of methoxy groups -OCH3 is 1. The van der Waals surface area contributed by atoms with Gasteiger partial charge in [-0.15, -0.1) is 0 Å². The Morgan fingerprint density at radius 1 is 1.04 bits per heavy atom. The van der Waals surface area contributed by atoms with Crippen LogP contribution in [0.3, 0.4) is 0 Å². The van der Waals surface area contributed by atoms with Gasteiger partial charge in [0.15, 0.2) is 5.96 Å². The zero-order valence-corrected chi connectivity index (χ0v) is 12.9. The molecule has 0 bridgehead atoms. The molecule has 124 valence electrons. The lowest BCUT2D eigenvalue weighted by Crippen LogP contribution is -2.26. The highest BCUT2D eigenvalue weighted by Crippen LogP contribution is 2.24. The summed E-state index contributed by atoms with van der Waals surface area (Å²) in [6.07, 6.45) is 0. The van der Waals surface area contributed by atoms with E-state index in [2.05, 4.69) is 14.7 Å². The summed E-state index contributed by atoms with van der Waals surface area (Å²) in [5.74, 6) is -1.64. The van der Waals surface area contributed by atoms with Crippen LogP contribution >= 0.6 is 0 Å². The maximum absolute atomic E-state index is 14.0. The number of carbonyl (C=O) groups is 1. The lowest BCUT2D eigenvalue weighted by Gasteiger charge is -2.06. The zero-order valence-electron chi connectivity index (χ0n) is 12.9. The quantitative estimate of drug-likeness (QED) is 0.446. The van der Waals surface area contributed by atoms with E-state index in [-0.39, 0.29) is 17.5 Å². The minimum absolute atomic E-state index is 0.0729. The number of hydrogen-bond donors (Lipinski definition) is 3. The Bertz CT molecular complexity index is 812. The molecule has 0 aromatic heterocycles. The molecule has 0 aliphatic heterocycles. The highest BCUT2D eigenvalue weighted by molar-refractivity contribution is 5.93. The number of esters is 1. The lowest BCUT2D eigenvalue weighted by molar-refractivity contribution is 0.0595. The maximum Gasteiger partial charge on any atom is 0.340 e. The Morgan fingerprint density at radius 3 is 2.21 bits per heavy atom. The predicted octanol–water partition coefficient (Wildman–Crippen LogP) is 1.50. The van der Waals surface area contributed by atoms with E-state index in [1.54, 1.807) is 30.3 Å². The van der Waals surface area contributed by atoms with Crippen molar-refractivity contribution < 1.29 is 13.9 Å². The average Bonchev–Trinajstić information content (AvgIpc) is 2.54. The third-order valence-corrected chi connectivity index (χ3v) is 3.06. The number of ether oxygens (including phenoxy) is 1. The molecule has 2 rings (SSSR count). The first kappa shape index (κ1) is 16.9. The van der Waals surface area contributed by atoms with Crippen molar-refractivity contribution in [1.29, 1.82) is 0 Å². The number of carbonyl (C=O) groups excluding carboxylic acids is 1. The molecule has 0 radical (unpaired) electrons. The fraction of sp³-hybridized carbons (Fsp3) is 0.0625. The van der Waals surface area contributed by atoms with Crippen molar-refractivity contribution in [3.63, 3.8) is 0 Å². The fourth-order valence-electron chi connectivity index (χ4n) is 1.99. The van der Waals surface area contributed by atoms with Crippen molar-refractivity contribution >= 4 is 23.6 Å². The molecule has 8 heteroatoms. The van der Waals surface area contributed by atoms with Gasteiger partial charge >= 0.3 is 5.97 Å². The van der Waals surface area contributed by atoms with E-state index in [1.165, 1.54) is 19.2 Å². The number of benzene rings is 2. The summed E-state index contributed by atoms with van der Waals surface area (Å²) < 4.78 is 18.5. The molecule has 7 nitrogen and oxygen atoms in total. The van der Waals surface area contributed by atoms with Gasteiger partial charge in [0.2, 0.25) is 5.96 Å². The predicted molar refractivity (Wildman–Crippen MR) is 90.3 cm³/mol. The molecular formula is C16H16FN5O2. The molecule has 0 amide bonds. The molecule has 0 unspecified atom stereocenters. The van der Waals surface area contributed by atoms with Gasteiger partial charge in [-0.3, -0.25) is 0 Å². The van der Waals surface area contributed by atoms with Gasteiger partial charge in [0, 0.05) is 0 Å². The fourth-order valence-corrected chi connectivity index (χ4v) is 1.99. The Kier molecular flexibility index (Phi) is 5.10. The first-order valence-electron chi connectivity index (χ1n) is 6.83. The number of nitrogens with zero attached hydrogens (tertiary/aromatic N) is 2. The minimum Gasteiger partial charge on any atom is -0.465 e. The van der Waals surface area contributed by atoms with Crippen LogP contribution in [0.4, 0.5) is 10.1 Å². The second-order valence-corrected chi connectivity index (χ2v) is 4.74. The van der Waals surface area contributed by atoms with E-state index in [0.717, 1.165) is 5.56 Å². The smallest absolute Gasteiger partial charge is 0.340 e. The van der Waals surface area contributed by atoms with Gasteiger partial charge in [0.1, 0.15) is 5.82 Å². The van der Waals surface area contributed by atoms with Crippen molar-refractivity contribution in [3.8, 4) is 11.1 Å². The standard InChI is InChI=1S/C16H16FN5O2/c1-24-14(23)12-7-4-10(8-13(12)17)9-2-5-11(6-3-9)21-16(20)22-15(18)19/h2-8H,1H3,(H6,18,19,20,21,22). The number of aliphatic imine (C=N–C) groups is 2. The summed E-state index contributed by atoms with van der Waals surface area (Å²) in [5, 5.41) is 0. The summed E-state index contributed by atoms with van der Waals surface area (Å²) in [5.41, 5.74) is 17.7. The average molecular weight is 329 g/mol. The van der Waals surface area contributed by atoms with E-state index in [1.807, 2.05) is 0 Å². The largest absolute Gasteiger partial charge is 0.465 e. The summed E-state index contributed by atoms with van der Waals surface area (Å²) in [6.45, 7) is 0. The van der Waals surface area contributed by atoms with Gasteiger partial charge in [-0.05, 0) is 35.4 Å². The SMILES string of the molecule is COC(=O)c1ccc(-c2ccc(N=C(N)N=C(N)N)cc2)cc1F. The first-order chi connectivity index (χ1) is 11.4. The molecule has 2 aromatic carbocycles. The summed E-state index contributed by atoms with van der Waals surface area (Å²) in [4.78, 5) is 19.0. The zero-order chi connectivity index (χ0) is 17.7. The van der Waals surface area contributed by atoms with E-state index in [4.69, 9.17) is 17.2 Å². The van der Waals surface area contributed by atoms with E-state index >= 15 is 0 Å². The van der Waals surface area contributed by atoms with Crippen LogP contribution < -0.4 is 17.2 Å². The molecular weight excluding hydrogens is 313 g/mol. The van der Waals surface area contributed by atoms with Crippen LogP contribution in [-0.2, 0) is 4.74 Å². The molecule has 0 aliphatic carbocycles. The van der Waals surface area contributed by atoms with Gasteiger partial charge in [0.05, 0.1) is 18.4 Å². The van der Waals surface area contributed by atoms with Crippen molar-refractivity contribution in [3.05, 3.63) is 53.8 Å². The van der Waals surface area contributed by atoms with Crippen LogP contribution in [0.25, 0.3) is 11.1 Å². The van der Waals surface area contributed by atoms with Gasteiger partial charge in [-0.2, -0.15) is 4.99 Å². The number of nitrogens with two attached hydrogens (primary N) is 3. The number of guanidine groups is 2. The molecule has 0 fully saturated rings. The Labute approximate surface area is 137 Å². The molecule has 0 saturated carbocycles. The van der Waals surface area contributed by atoms with Gasteiger partial charge in [-0.1, -0.05) is 18.2 Å². The Balaban J connectivity index is 2.27. The van der Waals surface area contributed by atoms with Crippen LogP contribution in [0.5, 0.6) is 0 Å². The van der Waals surface area contributed by atoms with Crippen LogP contribution in [0, 0.1) is 5.82 Å². The molecule has 6 N–H and O–H groups in total. The van der Waals surface area contributed by atoms with Crippen molar-refractivity contribution in [2.45, 2.75) is 0 Å². The minimum atomic E-state index is -0.723. The van der Waals surface area contributed by atoms with E-state index in [0.29, 0.717) is 11.3 Å². The molecule has 0 heterocycles. The van der Waals surface area contributed by atoms with Gasteiger partial charge < -0.3 is 21.9 Å². The number of rotatable bonds is 3. The second-order valence-electron chi connectivity index (χ2n) is 4.74. The van der Waals surface area contributed by atoms with Gasteiger partial charge in [-0.25, -0.2) is 14.2 Å². The summed E-state index contributed by atoms with van der Waals surface area (Å²) in [7, 11) is 1.20. The molecule has 0 spiro atoms. The second kappa shape index (κ2) is 7.23. The third-order valence-electron chi connectivity index (χ3n) is 3.06. The lowest BCUT2D eigenvalue weighted by atomic mass is 10.0. The summed E-state index contributed by atoms with van der Waals surface area (Å²) >= 11 is 0. The van der Waals surface area contributed by atoms with Crippen molar-refractivity contribution in [2.24, 2.45) is 27.2 Å². The molecule has 0 atom stereocenters. The highest BCUT2D eigenvalue weighted by Gasteiger charge is 2.12. The normalized spacial score (nSPS) is 11.0. The van der Waals surface area contributed by atoms with Crippen LogP contribution in [0.2, 0.25) is 0 Å². The van der Waals surface area contributed by atoms with Crippen LogP contribution in [0.1, 0.15) is 10.4 Å². The monoisotopic (exact) mass is 329 g/mol. The topological polar surface area (TPSA) is 129 Å². The van der Waals surface area contributed by atoms with Crippen LogP contribution in [0.15, 0.2) is 52.4 Å². The third kappa shape index (κ3) is 4.07. The maximum atomic E-state index is 14.0. The molecule has 24 heavy (non-hydrogen) atoms. The van der Waals surface area contributed by atoms with Gasteiger partial charge in [0.25, 0.3) is 0 Å². The highest BCUT2D eigenvalue weighted by atomic mass is 19.1. The van der Waals surface area contributed by atoms with Crippen molar-refractivity contribution in [2.75, 3.05) is 7.11 Å². The number of hydrogen-bond acceptors (Lipinski definition) is 3. The van der Waals surface area contributed by atoms with Crippen LogP contribution in [-0.4, -0.2) is 25.0 Å². The molecule has 0 aliphatic rings. The Hall–Kier alpha value is -3.42.